The van der Waals surface area contributed by atoms with E-state index in [1.54, 1.807) is 13.8 Å². The molecular formula is C17H22N2O6. The highest BCUT2D eigenvalue weighted by Crippen LogP contribution is 2.12. The molecule has 1 aromatic carbocycles. The summed E-state index contributed by atoms with van der Waals surface area (Å²) in [6.07, 6.45) is -0.0655. The van der Waals surface area contributed by atoms with Crippen molar-refractivity contribution in [2.45, 2.75) is 26.3 Å². The summed E-state index contributed by atoms with van der Waals surface area (Å²) in [5, 5.41) is 2.49. The van der Waals surface area contributed by atoms with Crippen LogP contribution in [0.1, 0.15) is 41.0 Å². The zero-order chi connectivity index (χ0) is 19.0. The summed E-state index contributed by atoms with van der Waals surface area (Å²) in [4.78, 5) is 47.1. The van der Waals surface area contributed by atoms with Gasteiger partial charge in [0.2, 0.25) is 5.91 Å². The average molecular weight is 350 g/mol. The molecule has 0 heterocycles. The Labute approximate surface area is 145 Å². The Morgan fingerprint density at radius 2 is 1.84 bits per heavy atom. The van der Waals surface area contributed by atoms with Gasteiger partial charge in [-0.3, -0.25) is 14.4 Å². The topological polar surface area (TPSA) is 125 Å². The first-order valence-electron chi connectivity index (χ1n) is 7.74. The third-order valence-corrected chi connectivity index (χ3v) is 3.50. The van der Waals surface area contributed by atoms with Crippen molar-refractivity contribution in [1.82, 2.24) is 5.32 Å². The number of carbonyl (C=O) groups excluding carboxylic acids is 4. The fourth-order valence-electron chi connectivity index (χ4n) is 2.22. The predicted octanol–water partition coefficient (Wildman–Crippen LogP) is 0.646. The van der Waals surface area contributed by atoms with Crippen LogP contribution in [0.25, 0.3) is 0 Å². The summed E-state index contributed by atoms with van der Waals surface area (Å²) in [6, 6.07) is 4.78. The van der Waals surface area contributed by atoms with Crippen molar-refractivity contribution in [3.63, 3.8) is 0 Å². The molecule has 0 aromatic heterocycles. The van der Waals surface area contributed by atoms with E-state index in [1.165, 1.54) is 31.4 Å². The van der Waals surface area contributed by atoms with Crippen molar-refractivity contribution < 1.29 is 28.7 Å². The first kappa shape index (κ1) is 20.1. The molecule has 25 heavy (non-hydrogen) atoms. The van der Waals surface area contributed by atoms with Gasteiger partial charge >= 0.3 is 11.9 Å². The molecule has 136 valence electrons. The monoisotopic (exact) mass is 350 g/mol. The Bertz CT molecular complexity index is 658. The van der Waals surface area contributed by atoms with E-state index in [0.717, 1.165) is 0 Å². The molecule has 0 bridgehead atoms. The molecule has 0 aliphatic heterocycles. The lowest BCUT2D eigenvalue weighted by molar-refractivity contribution is -0.144. The van der Waals surface area contributed by atoms with E-state index in [9.17, 15) is 19.2 Å². The molecule has 0 saturated carbocycles. The van der Waals surface area contributed by atoms with Gasteiger partial charge in [0.05, 0.1) is 25.7 Å². The number of carbonyl (C=O) groups is 4. The van der Waals surface area contributed by atoms with E-state index in [1.807, 2.05) is 0 Å². The highest BCUT2D eigenvalue weighted by atomic mass is 16.5. The fourth-order valence-corrected chi connectivity index (χ4v) is 2.22. The standard InChI is InChI=1S/C17H22N2O6/c1-4-25-13(20)8-10(2)14(15(18)21)19-16(22)11-6-5-7-12(9-11)17(23)24-3/h5-7,9-10,14H,4,8H2,1-3H3,(H2,18,21)(H,19,22)/t10-,14-/m0/s1. The zero-order valence-corrected chi connectivity index (χ0v) is 14.4. The van der Waals surface area contributed by atoms with E-state index < -0.39 is 35.7 Å². The number of ether oxygens (including phenoxy) is 2. The molecule has 0 aliphatic rings. The van der Waals surface area contributed by atoms with Crippen LogP contribution in [0.4, 0.5) is 0 Å². The molecular weight excluding hydrogens is 328 g/mol. The second-order valence-corrected chi connectivity index (χ2v) is 5.41. The van der Waals surface area contributed by atoms with Gasteiger partial charge in [-0.05, 0) is 31.0 Å². The van der Waals surface area contributed by atoms with Crippen LogP contribution in [0.5, 0.6) is 0 Å². The fraction of sp³-hybridized carbons (Fsp3) is 0.412. The van der Waals surface area contributed by atoms with Crippen molar-refractivity contribution in [3.8, 4) is 0 Å². The maximum atomic E-state index is 12.4. The van der Waals surface area contributed by atoms with Gasteiger partial charge < -0.3 is 20.5 Å². The molecule has 0 fully saturated rings. The van der Waals surface area contributed by atoms with Crippen LogP contribution < -0.4 is 11.1 Å². The molecule has 1 aromatic rings. The molecule has 1 rings (SSSR count). The van der Waals surface area contributed by atoms with Crippen LogP contribution in [0, 0.1) is 5.92 Å². The average Bonchev–Trinajstić information content (AvgIpc) is 2.58. The predicted molar refractivity (Wildman–Crippen MR) is 88.6 cm³/mol. The van der Waals surface area contributed by atoms with Gasteiger partial charge in [-0.2, -0.15) is 0 Å². The Balaban J connectivity index is 2.88. The third kappa shape index (κ3) is 5.91. The zero-order valence-electron chi connectivity index (χ0n) is 14.4. The third-order valence-electron chi connectivity index (χ3n) is 3.50. The van der Waals surface area contributed by atoms with E-state index in [0.29, 0.717) is 0 Å². The van der Waals surface area contributed by atoms with Gasteiger partial charge in [0.25, 0.3) is 5.91 Å². The van der Waals surface area contributed by atoms with Crippen molar-refractivity contribution >= 4 is 23.8 Å². The van der Waals surface area contributed by atoms with Gasteiger partial charge in [0.1, 0.15) is 6.04 Å². The van der Waals surface area contributed by atoms with Gasteiger partial charge in [-0.25, -0.2) is 4.79 Å². The normalized spacial score (nSPS) is 12.6. The Kier molecular flexibility index (Phi) is 7.58. The van der Waals surface area contributed by atoms with Crippen molar-refractivity contribution in [1.29, 1.82) is 0 Å². The highest BCUT2D eigenvalue weighted by molar-refractivity contribution is 6.00. The summed E-state index contributed by atoms with van der Waals surface area (Å²) in [7, 11) is 1.23. The minimum Gasteiger partial charge on any atom is -0.466 e. The first-order chi connectivity index (χ1) is 11.8. The van der Waals surface area contributed by atoms with Crippen molar-refractivity contribution in [2.75, 3.05) is 13.7 Å². The van der Waals surface area contributed by atoms with Gasteiger partial charge in [-0.1, -0.05) is 13.0 Å². The number of nitrogens with one attached hydrogen (secondary N) is 1. The lowest BCUT2D eigenvalue weighted by atomic mass is 9.97. The lowest BCUT2D eigenvalue weighted by Crippen LogP contribution is -2.49. The smallest absolute Gasteiger partial charge is 0.337 e. The summed E-state index contributed by atoms with van der Waals surface area (Å²) >= 11 is 0. The largest absolute Gasteiger partial charge is 0.466 e. The number of rotatable bonds is 8. The minimum absolute atomic E-state index is 0.0655. The number of methoxy groups -OCH3 is 1. The summed E-state index contributed by atoms with van der Waals surface area (Å²) < 4.78 is 9.43. The van der Waals surface area contributed by atoms with E-state index in [4.69, 9.17) is 10.5 Å². The Morgan fingerprint density at radius 1 is 1.20 bits per heavy atom. The van der Waals surface area contributed by atoms with Crippen LogP contribution in [0.2, 0.25) is 0 Å². The number of nitrogens with two attached hydrogens (primary N) is 1. The number of esters is 2. The van der Waals surface area contributed by atoms with Crippen LogP contribution in [-0.4, -0.2) is 43.5 Å². The molecule has 3 N–H and O–H groups in total. The molecule has 8 nitrogen and oxygen atoms in total. The van der Waals surface area contributed by atoms with E-state index in [2.05, 4.69) is 10.1 Å². The van der Waals surface area contributed by atoms with E-state index in [-0.39, 0.29) is 24.2 Å². The maximum absolute atomic E-state index is 12.4. The molecule has 8 heteroatoms. The quantitative estimate of drug-likeness (QED) is 0.663. The first-order valence-corrected chi connectivity index (χ1v) is 7.74. The van der Waals surface area contributed by atoms with E-state index >= 15 is 0 Å². The Hall–Kier alpha value is -2.90. The van der Waals surface area contributed by atoms with Crippen LogP contribution >= 0.6 is 0 Å². The van der Waals surface area contributed by atoms with Crippen LogP contribution in [-0.2, 0) is 19.1 Å². The number of hydrogen-bond donors (Lipinski definition) is 2. The molecule has 0 spiro atoms. The van der Waals surface area contributed by atoms with Crippen LogP contribution in [0.3, 0.4) is 0 Å². The maximum Gasteiger partial charge on any atom is 0.337 e. The number of hydrogen-bond acceptors (Lipinski definition) is 6. The van der Waals surface area contributed by atoms with Crippen molar-refractivity contribution in [2.24, 2.45) is 11.7 Å². The lowest BCUT2D eigenvalue weighted by Gasteiger charge is -2.21. The second-order valence-electron chi connectivity index (χ2n) is 5.41. The number of amides is 2. The molecule has 2 atom stereocenters. The molecule has 0 saturated heterocycles. The van der Waals surface area contributed by atoms with Crippen LogP contribution in [0.15, 0.2) is 24.3 Å². The molecule has 0 aliphatic carbocycles. The van der Waals surface area contributed by atoms with Crippen molar-refractivity contribution in [3.05, 3.63) is 35.4 Å². The molecule has 0 unspecified atom stereocenters. The SMILES string of the molecule is CCOC(=O)C[C@H](C)[C@H](NC(=O)c1cccc(C(=O)OC)c1)C(N)=O. The van der Waals surface area contributed by atoms with Gasteiger partial charge in [0.15, 0.2) is 0 Å². The highest BCUT2D eigenvalue weighted by Gasteiger charge is 2.27. The number of primary amides is 1. The Morgan fingerprint density at radius 3 is 2.40 bits per heavy atom. The molecule has 0 radical (unpaired) electrons. The van der Waals surface area contributed by atoms with Gasteiger partial charge in [-0.15, -0.1) is 0 Å². The summed E-state index contributed by atoms with van der Waals surface area (Å²) in [5.74, 6) is -2.98. The summed E-state index contributed by atoms with van der Waals surface area (Å²) in [5.41, 5.74) is 5.70. The minimum atomic E-state index is -1.06. The second kappa shape index (κ2) is 9.41. The number of benzene rings is 1. The van der Waals surface area contributed by atoms with Gasteiger partial charge in [0, 0.05) is 5.56 Å². The molecule has 2 amide bonds. The summed E-state index contributed by atoms with van der Waals surface area (Å²) in [6.45, 7) is 3.50.